The summed E-state index contributed by atoms with van der Waals surface area (Å²) >= 11 is 0. The molecule has 6 nitrogen and oxygen atoms in total. The van der Waals surface area contributed by atoms with Crippen LogP contribution in [0.4, 0.5) is 5.69 Å². The van der Waals surface area contributed by atoms with Crippen LogP contribution in [0.5, 0.6) is 5.75 Å². The molecule has 0 amide bonds. The first-order valence-corrected chi connectivity index (χ1v) is 9.88. The van der Waals surface area contributed by atoms with Gasteiger partial charge >= 0.3 is 0 Å². The van der Waals surface area contributed by atoms with Crippen LogP contribution in [0, 0.1) is 6.92 Å². The molecule has 2 N–H and O–H groups in total. The van der Waals surface area contributed by atoms with Gasteiger partial charge in [0, 0.05) is 12.2 Å². The highest BCUT2D eigenvalue weighted by Crippen LogP contribution is 2.25. The molecule has 1 aliphatic rings. The van der Waals surface area contributed by atoms with Crippen molar-refractivity contribution in [1.82, 2.24) is 10.2 Å². The van der Waals surface area contributed by atoms with E-state index in [4.69, 9.17) is 14.5 Å². The van der Waals surface area contributed by atoms with Crippen LogP contribution in [-0.4, -0.2) is 30.8 Å². The second kappa shape index (κ2) is 9.89. The minimum absolute atomic E-state index is 0.120. The lowest BCUT2D eigenvalue weighted by molar-refractivity contribution is -0.306. The fourth-order valence-electron chi connectivity index (χ4n) is 3.14. The summed E-state index contributed by atoms with van der Waals surface area (Å²) in [6.07, 6.45) is 0.951. The summed E-state index contributed by atoms with van der Waals surface area (Å²) < 4.78 is 5.92. The normalized spacial score (nSPS) is 18.1. The summed E-state index contributed by atoms with van der Waals surface area (Å²) in [6.45, 7) is 9.75. The second-order valence-electron chi connectivity index (χ2n) is 7.34. The van der Waals surface area contributed by atoms with Crippen LogP contribution in [0.3, 0.4) is 0 Å². The Morgan fingerprint density at radius 3 is 2.68 bits per heavy atom. The summed E-state index contributed by atoms with van der Waals surface area (Å²) in [4.78, 5) is 12.6. The van der Waals surface area contributed by atoms with E-state index in [1.54, 1.807) is 0 Å². The summed E-state index contributed by atoms with van der Waals surface area (Å²) in [5.41, 5.74) is 4.69. The zero-order chi connectivity index (χ0) is 19.9. The van der Waals surface area contributed by atoms with E-state index < -0.39 is 0 Å². The van der Waals surface area contributed by atoms with E-state index in [1.807, 2.05) is 19.9 Å². The molecule has 0 aliphatic carbocycles. The Kier molecular flexibility index (Phi) is 7.28. The van der Waals surface area contributed by atoms with Crippen molar-refractivity contribution in [3.8, 4) is 5.75 Å². The topological polar surface area (TPSA) is 55.0 Å². The quantitative estimate of drug-likeness (QED) is 0.703. The van der Waals surface area contributed by atoms with Crippen molar-refractivity contribution in [1.29, 1.82) is 0 Å². The predicted molar refractivity (Wildman–Crippen MR) is 111 cm³/mol. The zero-order valence-electron chi connectivity index (χ0n) is 17.2. The van der Waals surface area contributed by atoms with Crippen molar-refractivity contribution in [2.24, 2.45) is 0 Å². The highest BCUT2D eigenvalue weighted by atomic mass is 17.2. The van der Waals surface area contributed by atoms with E-state index in [1.165, 1.54) is 16.7 Å². The van der Waals surface area contributed by atoms with Gasteiger partial charge in [0.2, 0.25) is 0 Å². The number of ether oxygens (including phenoxy) is 1. The number of hydrogen-bond acceptors (Lipinski definition) is 6. The molecule has 0 radical (unpaired) electrons. The fraction of sp³-hybridized carbons (Fsp3) is 0.455. The average Bonchev–Trinajstić information content (AvgIpc) is 2.89. The maximum absolute atomic E-state index is 5.92. The van der Waals surface area contributed by atoms with Crippen LogP contribution in [0.25, 0.3) is 0 Å². The standard InChI is InChI=1S/C22H31N3O3/c1-5-19-12-20(10-11-21(19)28-16(2)3)24-22-23-14-26-27-15-25(22)13-18-8-6-17(4)7-9-18/h6-12,16,22-24H,5,13-15H2,1-4H3. The first kappa shape index (κ1) is 20.6. The van der Waals surface area contributed by atoms with Gasteiger partial charge in [0.05, 0.1) is 6.10 Å². The van der Waals surface area contributed by atoms with Crippen molar-refractivity contribution < 1.29 is 14.5 Å². The zero-order valence-corrected chi connectivity index (χ0v) is 17.2. The lowest BCUT2D eigenvalue weighted by atomic mass is 10.1. The summed E-state index contributed by atoms with van der Waals surface area (Å²) in [5, 5.41) is 6.89. The van der Waals surface area contributed by atoms with Crippen LogP contribution in [0.2, 0.25) is 0 Å². The van der Waals surface area contributed by atoms with Gasteiger partial charge in [-0.1, -0.05) is 36.8 Å². The van der Waals surface area contributed by atoms with Gasteiger partial charge in [-0.05, 0) is 56.5 Å². The lowest BCUT2D eigenvalue weighted by Gasteiger charge is -2.30. The van der Waals surface area contributed by atoms with E-state index in [0.717, 1.165) is 24.4 Å². The number of nitrogens with one attached hydrogen (secondary N) is 2. The van der Waals surface area contributed by atoms with E-state index in [2.05, 4.69) is 65.8 Å². The molecule has 1 aliphatic heterocycles. The number of rotatable bonds is 7. The van der Waals surface area contributed by atoms with E-state index in [9.17, 15) is 0 Å². The van der Waals surface area contributed by atoms with Gasteiger partial charge in [0.1, 0.15) is 25.5 Å². The Labute approximate surface area is 167 Å². The molecule has 1 saturated heterocycles. The number of benzene rings is 2. The van der Waals surface area contributed by atoms with E-state index in [0.29, 0.717) is 13.5 Å². The lowest BCUT2D eigenvalue weighted by Crippen LogP contribution is -2.49. The largest absolute Gasteiger partial charge is 0.491 e. The van der Waals surface area contributed by atoms with Crippen LogP contribution >= 0.6 is 0 Å². The predicted octanol–water partition coefficient (Wildman–Crippen LogP) is 4.01. The molecule has 2 aromatic carbocycles. The van der Waals surface area contributed by atoms with Crippen LogP contribution in [0.15, 0.2) is 42.5 Å². The van der Waals surface area contributed by atoms with Crippen LogP contribution in [0.1, 0.15) is 37.5 Å². The Hall–Kier alpha value is -2.12. The molecule has 0 bridgehead atoms. The fourth-order valence-corrected chi connectivity index (χ4v) is 3.14. The molecule has 6 heteroatoms. The second-order valence-corrected chi connectivity index (χ2v) is 7.34. The number of nitrogens with zero attached hydrogens (tertiary/aromatic N) is 1. The molecule has 1 unspecified atom stereocenters. The van der Waals surface area contributed by atoms with Gasteiger partial charge in [0.15, 0.2) is 0 Å². The van der Waals surface area contributed by atoms with E-state index >= 15 is 0 Å². The molecule has 1 fully saturated rings. The third kappa shape index (κ3) is 5.69. The molecule has 0 saturated carbocycles. The molecular formula is C22H31N3O3. The minimum atomic E-state index is -0.120. The monoisotopic (exact) mass is 385 g/mol. The summed E-state index contributed by atoms with van der Waals surface area (Å²) in [5.74, 6) is 0.944. The van der Waals surface area contributed by atoms with Crippen molar-refractivity contribution in [2.75, 3.05) is 18.8 Å². The van der Waals surface area contributed by atoms with Crippen molar-refractivity contribution in [3.63, 3.8) is 0 Å². The average molecular weight is 386 g/mol. The minimum Gasteiger partial charge on any atom is -0.491 e. The van der Waals surface area contributed by atoms with Crippen molar-refractivity contribution in [3.05, 3.63) is 59.2 Å². The third-order valence-corrected chi connectivity index (χ3v) is 4.62. The molecule has 3 rings (SSSR count). The first-order chi connectivity index (χ1) is 13.5. The third-order valence-electron chi connectivity index (χ3n) is 4.62. The first-order valence-electron chi connectivity index (χ1n) is 9.88. The SMILES string of the molecule is CCc1cc(NC2NCOOCN2Cc2ccc(C)cc2)ccc1OC(C)C. The number of hydrogen-bond donors (Lipinski definition) is 2. The summed E-state index contributed by atoms with van der Waals surface area (Å²) in [6, 6.07) is 14.8. The van der Waals surface area contributed by atoms with Gasteiger partial charge < -0.3 is 10.1 Å². The molecule has 0 aromatic heterocycles. The Bertz CT molecular complexity index is 749. The van der Waals surface area contributed by atoms with Crippen LogP contribution < -0.4 is 15.4 Å². The maximum atomic E-state index is 5.92. The smallest absolute Gasteiger partial charge is 0.138 e. The van der Waals surface area contributed by atoms with Gasteiger partial charge in [-0.25, -0.2) is 14.7 Å². The highest BCUT2D eigenvalue weighted by Gasteiger charge is 2.22. The highest BCUT2D eigenvalue weighted by molar-refractivity contribution is 5.51. The van der Waals surface area contributed by atoms with Gasteiger partial charge in [0.25, 0.3) is 0 Å². The summed E-state index contributed by atoms with van der Waals surface area (Å²) in [7, 11) is 0. The molecule has 28 heavy (non-hydrogen) atoms. The Balaban J connectivity index is 1.74. The molecular weight excluding hydrogens is 354 g/mol. The van der Waals surface area contributed by atoms with Crippen molar-refractivity contribution in [2.45, 2.75) is 53.1 Å². The molecule has 1 heterocycles. The van der Waals surface area contributed by atoms with Gasteiger partial charge in [-0.15, -0.1) is 0 Å². The van der Waals surface area contributed by atoms with Crippen LogP contribution in [-0.2, 0) is 22.7 Å². The van der Waals surface area contributed by atoms with Gasteiger partial charge in [-0.2, -0.15) is 0 Å². The molecule has 1 atom stereocenters. The van der Waals surface area contributed by atoms with Crippen molar-refractivity contribution >= 4 is 5.69 Å². The van der Waals surface area contributed by atoms with Gasteiger partial charge in [-0.3, -0.25) is 5.32 Å². The molecule has 152 valence electrons. The molecule has 2 aromatic rings. The number of anilines is 1. The Morgan fingerprint density at radius 1 is 1.18 bits per heavy atom. The number of aryl methyl sites for hydroxylation is 2. The Morgan fingerprint density at radius 2 is 1.96 bits per heavy atom. The molecule has 0 spiro atoms. The maximum Gasteiger partial charge on any atom is 0.138 e. The van der Waals surface area contributed by atoms with E-state index in [-0.39, 0.29) is 12.4 Å².